The number of hydrogen-bond acceptors (Lipinski definition) is 3. The maximum absolute atomic E-state index is 11.3. The van der Waals surface area contributed by atoms with Crippen LogP contribution in [0, 0.1) is 0 Å². The molecule has 166 valence electrons. The van der Waals surface area contributed by atoms with E-state index in [1.807, 2.05) is 6.07 Å². The molecule has 0 fully saturated rings. The number of rotatable bonds is 19. The van der Waals surface area contributed by atoms with Gasteiger partial charge in [0.15, 0.2) is 0 Å². The van der Waals surface area contributed by atoms with Gasteiger partial charge in [0.25, 0.3) is 5.91 Å². The lowest BCUT2D eigenvalue weighted by Gasteiger charge is -2.10. The fourth-order valence-electron chi connectivity index (χ4n) is 3.65. The van der Waals surface area contributed by atoms with Gasteiger partial charge in [0, 0.05) is 0 Å². The zero-order chi connectivity index (χ0) is 21.2. The Hall–Kier alpha value is -1.55. The molecule has 1 rings (SSSR count). The van der Waals surface area contributed by atoms with Crippen LogP contribution >= 0.6 is 0 Å². The summed E-state index contributed by atoms with van der Waals surface area (Å²) < 4.78 is 5.70. The molecule has 0 aliphatic heterocycles. The minimum atomic E-state index is -0.443. The Labute approximate surface area is 178 Å². The van der Waals surface area contributed by atoms with E-state index in [1.54, 1.807) is 18.2 Å². The molecule has 0 aromatic heterocycles. The van der Waals surface area contributed by atoms with Crippen LogP contribution in [0.2, 0.25) is 0 Å². The summed E-state index contributed by atoms with van der Waals surface area (Å²) >= 11 is 0. The van der Waals surface area contributed by atoms with Gasteiger partial charge in [-0.15, -0.1) is 0 Å². The van der Waals surface area contributed by atoms with Gasteiger partial charge in [0.05, 0.1) is 18.3 Å². The monoisotopic (exact) mass is 405 g/mol. The van der Waals surface area contributed by atoms with Gasteiger partial charge in [0.2, 0.25) is 0 Å². The highest BCUT2D eigenvalue weighted by molar-refractivity contribution is 5.95. The predicted octanol–water partition coefficient (Wildman–Crippen LogP) is 6.40. The molecule has 29 heavy (non-hydrogen) atoms. The van der Waals surface area contributed by atoms with E-state index in [0.29, 0.717) is 17.9 Å². The lowest BCUT2D eigenvalue weighted by molar-refractivity contribution is 0.0996. The Morgan fingerprint density at radius 1 is 0.862 bits per heavy atom. The highest BCUT2D eigenvalue weighted by atomic mass is 16.5. The van der Waals surface area contributed by atoms with Crippen LogP contribution in [-0.4, -0.2) is 23.7 Å². The van der Waals surface area contributed by atoms with Crippen molar-refractivity contribution in [3.05, 3.63) is 29.8 Å². The fraction of sp³-hybridized carbons (Fsp3) is 0.720. The lowest BCUT2D eigenvalue weighted by atomic mass is 10.0. The number of nitrogens with two attached hydrogens (primary N) is 1. The summed E-state index contributed by atoms with van der Waals surface area (Å²) in [5.41, 5.74) is 5.81. The number of aliphatic hydroxyl groups is 1. The normalized spacial score (nSPS) is 12.1. The zero-order valence-corrected chi connectivity index (χ0v) is 18.5. The third-order valence-corrected chi connectivity index (χ3v) is 5.48. The Morgan fingerprint density at radius 3 is 1.97 bits per heavy atom. The van der Waals surface area contributed by atoms with Gasteiger partial charge in [-0.3, -0.25) is 4.79 Å². The Balaban J connectivity index is 1.88. The van der Waals surface area contributed by atoms with Crippen molar-refractivity contribution in [3.8, 4) is 5.75 Å². The van der Waals surface area contributed by atoms with Crippen LogP contribution in [0.4, 0.5) is 0 Å². The van der Waals surface area contributed by atoms with E-state index in [-0.39, 0.29) is 6.10 Å². The number of para-hydroxylation sites is 1. The summed E-state index contributed by atoms with van der Waals surface area (Å²) in [7, 11) is 0. The van der Waals surface area contributed by atoms with Gasteiger partial charge >= 0.3 is 0 Å². The second-order valence-electron chi connectivity index (χ2n) is 8.18. The third kappa shape index (κ3) is 13.3. The summed E-state index contributed by atoms with van der Waals surface area (Å²) in [6.45, 7) is 2.85. The van der Waals surface area contributed by atoms with Gasteiger partial charge in [0.1, 0.15) is 5.75 Å². The predicted molar refractivity (Wildman–Crippen MR) is 121 cm³/mol. The summed E-state index contributed by atoms with van der Waals surface area (Å²) in [6.07, 6.45) is 17.8. The lowest BCUT2D eigenvalue weighted by Crippen LogP contribution is -2.13. The number of benzene rings is 1. The number of carbonyl (C=O) groups excluding carboxylic acids is 1. The molecule has 4 nitrogen and oxygen atoms in total. The Kier molecular flexibility index (Phi) is 15.2. The second kappa shape index (κ2) is 17.3. The van der Waals surface area contributed by atoms with Crippen LogP contribution in [0.1, 0.15) is 114 Å². The van der Waals surface area contributed by atoms with Crippen LogP contribution in [0.25, 0.3) is 0 Å². The van der Waals surface area contributed by atoms with Crippen molar-refractivity contribution in [1.82, 2.24) is 0 Å². The van der Waals surface area contributed by atoms with Crippen LogP contribution in [-0.2, 0) is 0 Å². The number of unbranched alkanes of at least 4 members (excludes halogenated alkanes) is 11. The van der Waals surface area contributed by atoms with E-state index < -0.39 is 5.91 Å². The van der Waals surface area contributed by atoms with E-state index in [1.165, 1.54) is 70.6 Å². The maximum Gasteiger partial charge on any atom is 0.252 e. The third-order valence-electron chi connectivity index (χ3n) is 5.48. The number of amides is 1. The van der Waals surface area contributed by atoms with Gasteiger partial charge < -0.3 is 15.6 Å². The van der Waals surface area contributed by atoms with Gasteiger partial charge in [-0.1, -0.05) is 96.1 Å². The Morgan fingerprint density at radius 2 is 1.38 bits per heavy atom. The first-order chi connectivity index (χ1) is 14.1. The number of primary amides is 1. The van der Waals surface area contributed by atoms with Crippen molar-refractivity contribution in [2.24, 2.45) is 5.73 Å². The molecule has 1 aromatic carbocycles. The molecule has 0 saturated heterocycles. The van der Waals surface area contributed by atoms with Crippen molar-refractivity contribution in [2.45, 2.75) is 109 Å². The number of hydrogen-bond donors (Lipinski definition) is 2. The van der Waals surface area contributed by atoms with Gasteiger partial charge in [-0.05, 0) is 31.4 Å². The van der Waals surface area contributed by atoms with Crippen molar-refractivity contribution in [3.63, 3.8) is 0 Å². The molecule has 0 aliphatic carbocycles. The molecule has 0 heterocycles. The average molecular weight is 406 g/mol. The molecule has 0 saturated carbocycles. The maximum atomic E-state index is 11.3. The van der Waals surface area contributed by atoms with E-state index in [2.05, 4.69) is 6.92 Å². The fourth-order valence-corrected chi connectivity index (χ4v) is 3.65. The molecular weight excluding hydrogens is 362 g/mol. The molecule has 0 radical (unpaired) electrons. The van der Waals surface area contributed by atoms with E-state index in [9.17, 15) is 9.90 Å². The number of aliphatic hydroxyl groups excluding tert-OH is 1. The molecule has 4 heteroatoms. The van der Waals surface area contributed by atoms with Crippen LogP contribution < -0.4 is 10.5 Å². The van der Waals surface area contributed by atoms with Crippen molar-refractivity contribution in [2.75, 3.05) is 6.61 Å². The molecule has 1 unspecified atom stereocenters. The summed E-state index contributed by atoms with van der Waals surface area (Å²) in [4.78, 5) is 11.3. The smallest absolute Gasteiger partial charge is 0.252 e. The molecule has 1 atom stereocenters. The van der Waals surface area contributed by atoms with E-state index in [0.717, 1.165) is 25.7 Å². The highest BCUT2D eigenvalue weighted by Gasteiger charge is 2.07. The van der Waals surface area contributed by atoms with Crippen molar-refractivity contribution < 1.29 is 14.6 Å². The first kappa shape index (κ1) is 25.5. The molecule has 3 N–H and O–H groups in total. The molecular formula is C25H43NO3. The minimum Gasteiger partial charge on any atom is -0.493 e. The average Bonchev–Trinajstić information content (AvgIpc) is 2.72. The van der Waals surface area contributed by atoms with E-state index >= 15 is 0 Å². The summed E-state index contributed by atoms with van der Waals surface area (Å²) in [5, 5.41) is 9.97. The summed E-state index contributed by atoms with van der Waals surface area (Å²) in [5.74, 6) is 0.146. The standard InChI is InChI=1S/C25H43NO3/c1-2-3-4-12-17-22(27)18-13-10-8-6-5-7-9-11-16-21-29-24-20-15-14-19-23(24)25(26)28/h14-15,19-20,22,27H,2-13,16-18,21H2,1H3,(H2,26,28). The minimum absolute atomic E-state index is 0.0796. The van der Waals surface area contributed by atoms with E-state index in [4.69, 9.17) is 10.5 Å². The number of carbonyl (C=O) groups is 1. The number of ether oxygens (including phenoxy) is 1. The van der Waals surface area contributed by atoms with Gasteiger partial charge in [-0.2, -0.15) is 0 Å². The quantitative estimate of drug-likeness (QED) is 0.262. The van der Waals surface area contributed by atoms with Crippen molar-refractivity contribution in [1.29, 1.82) is 0 Å². The van der Waals surface area contributed by atoms with Crippen LogP contribution in [0.15, 0.2) is 24.3 Å². The molecule has 0 aliphatic rings. The van der Waals surface area contributed by atoms with Crippen LogP contribution in [0.3, 0.4) is 0 Å². The first-order valence-corrected chi connectivity index (χ1v) is 11.8. The molecule has 1 amide bonds. The SMILES string of the molecule is CCCCCCC(O)CCCCCCCCCCCOc1ccccc1C(N)=O. The largest absolute Gasteiger partial charge is 0.493 e. The van der Waals surface area contributed by atoms with Crippen LogP contribution in [0.5, 0.6) is 5.75 Å². The molecule has 1 aromatic rings. The van der Waals surface area contributed by atoms with Gasteiger partial charge in [-0.25, -0.2) is 0 Å². The Bertz CT molecular complexity index is 533. The van der Waals surface area contributed by atoms with Crippen molar-refractivity contribution >= 4 is 5.91 Å². The highest BCUT2D eigenvalue weighted by Crippen LogP contribution is 2.18. The second-order valence-corrected chi connectivity index (χ2v) is 8.18. The first-order valence-electron chi connectivity index (χ1n) is 11.8. The summed E-state index contributed by atoms with van der Waals surface area (Å²) in [6, 6.07) is 7.15. The topological polar surface area (TPSA) is 72.6 Å². The molecule has 0 spiro atoms. The molecule has 0 bridgehead atoms. The zero-order valence-electron chi connectivity index (χ0n) is 18.5.